The van der Waals surface area contributed by atoms with Crippen LogP contribution in [0.3, 0.4) is 0 Å². The first-order valence-electron chi connectivity index (χ1n) is 13.4. The minimum Gasteiger partial charge on any atom is -0.367 e. The van der Waals surface area contributed by atoms with Gasteiger partial charge in [0.15, 0.2) is 0 Å². The van der Waals surface area contributed by atoms with Crippen LogP contribution in [-0.4, -0.2) is 28.0 Å². The van der Waals surface area contributed by atoms with E-state index >= 15 is 0 Å². The number of carbonyl (C=O) groups excluding carboxylic acids is 1. The van der Waals surface area contributed by atoms with E-state index in [0.29, 0.717) is 52.0 Å². The van der Waals surface area contributed by atoms with Gasteiger partial charge in [0.25, 0.3) is 0 Å². The van der Waals surface area contributed by atoms with Crippen molar-refractivity contribution in [2.45, 2.75) is 59.2 Å². The molecule has 208 valence electrons. The lowest BCUT2D eigenvalue weighted by Crippen LogP contribution is -2.25. The lowest BCUT2D eigenvalue weighted by molar-refractivity contribution is 0.0801. The zero-order valence-electron chi connectivity index (χ0n) is 22.8. The van der Waals surface area contributed by atoms with Gasteiger partial charge in [0.1, 0.15) is 11.5 Å². The number of ether oxygens (including phenoxy) is 1. The van der Waals surface area contributed by atoms with Gasteiger partial charge in [-0.05, 0) is 43.0 Å². The van der Waals surface area contributed by atoms with Gasteiger partial charge in [-0.3, -0.25) is 4.98 Å². The third-order valence-electron chi connectivity index (χ3n) is 6.42. The number of hydrogen-bond donors (Lipinski definition) is 1. The van der Waals surface area contributed by atoms with Crippen molar-refractivity contribution in [3.05, 3.63) is 88.4 Å². The summed E-state index contributed by atoms with van der Waals surface area (Å²) in [7, 11) is 0. The highest BCUT2D eigenvalue weighted by Crippen LogP contribution is 2.37. The fourth-order valence-corrected chi connectivity index (χ4v) is 5.00. The molecule has 2 heterocycles. The Morgan fingerprint density at radius 3 is 2.45 bits per heavy atom. The molecule has 2 aromatic carbocycles. The highest BCUT2D eigenvalue weighted by molar-refractivity contribution is 6.39. The number of nitrogens with one attached hydrogen (secondary N) is 1. The van der Waals surface area contributed by atoms with Crippen LogP contribution < -0.4 is 5.32 Å². The highest BCUT2D eigenvalue weighted by atomic mass is 35.5. The van der Waals surface area contributed by atoms with Crippen LogP contribution in [0.25, 0.3) is 22.4 Å². The molecule has 0 spiro atoms. The Balaban J connectivity index is 1.52. The van der Waals surface area contributed by atoms with E-state index in [-0.39, 0.29) is 12.7 Å². The van der Waals surface area contributed by atoms with Gasteiger partial charge in [-0.15, -0.1) is 0 Å². The van der Waals surface area contributed by atoms with E-state index in [9.17, 15) is 4.79 Å². The average Bonchev–Trinajstić information content (AvgIpc) is 3.35. The number of pyridine rings is 1. The number of hydrogen-bond acceptors (Lipinski definition) is 5. The molecule has 0 radical (unpaired) electrons. The van der Waals surface area contributed by atoms with Gasteiger partial charge >= 0.3 is 6.03 Å². The van der Waals surface area contributed by atoms with Crippen LogP contribution >= 0.6 is 23.2 Å². The molecule has 0 fully saturated rings. The van der Waals surface area contributed by atoms with Crippen molar-refractivity contribution in [1.82, 2.24) is 10.1 Å². The van der Waals surface area contributed by atoms with Crippen LogP contribution in [0.2, 0.25) is 10.0 Å². The van der Waals surface area contributed by atoms with Crippen molar-refractivity contribution in [2.24, 2.45) is 4.99 Å². The first-order valence-corrected chi connectivity index (χ1v) is 14.1. The molecular formula is C31H32Cl2N4O3. The first kappa shape index (κ1) is 29.5. The van der Waals surface area contributed by atoms with Crippen molar-refractivity contribution in [3.63, 3.8) is 0 Å². The SMILES string of the molecule is CCCc1onc(-c2c(Cl)cccc2Cl)c1COC(CC)C(CC)=NC(=O)Nc1cncc(-c2ccccc2)c1. The summed E-state index contributed by atoms with van der Waals surface area (Å²) in [6, 6.07) is 16.6. The minimum atomic E-state index is -0.480. The molecule has 0 saturated heterocycles. The fraction of sp³-hybridized carbons (Fsp3) is 0.290. The van der Waals surface area contributed by atoms with Crippen molar-refractivity contribution < 1.29 is 14.1 Å². The topological polar surface area (TPSA) is 89.6 Å². The van der Waals surface area contributed by atoms with Crippen molar-refractivity contribution >= 4 is 40.6 Å². The maximum Gasteiger partial charge on any atom is 0.345 e. The third-order valence-corrected chi connectivity index (χ3v) is 7.05. The Hall–Kier alpha value is -3.52. The highest BCUT2D eigenvalue weighted by Gasteiger charge is 2.24. The Morgan fingerprint density at radius 1 is 1.02 bits per heavy atom. The molecule has 9 heteroatoms. The number of rotatable bonds is 11. The van der Waals surface area contributed by atoms with Crippen LogP contribution in [-0.2, 0) is 17.8 Å². The lowest BCUT2D eigenvalue weighted by atomic mass is 10.0. The molecule has 1 atom stereocenters. The Kier molecular flexibility index (Phi) is 10.5. The van der Waals surface area contributed by atoms with Gasteiger partial charge in [-0.25, -0.2) is 9.79 Å². The molecule has 1 N–H and O–H groups in total. The lowest BCUT2D eigenvalue weighted by Gasteiger charge is -2.18. The van der Waals surface area contributed by atoms with Crippen LogP contribution in [0.5, 0.6) is 0 Å². The average molecular weight is 580 g/mol. The molecule has 1 unspecified atom stereocenters. The van der Waals surface area contributed by atoms with Gasteiger partial charge < -0.3 is 14.6 Å². The Bertz CT molecular complexity index is 1450. The van der Waals surface area contributed by atoms with Crippen LogP contribution in [0.1, 0.15) is 51.4 Å². The standard InChI is InChI=1S/C31H32Cl2N4O3/c1-4-11-28-23(30(37-40-28)29-24(32)14-10-15-25(29)33)19-39-27(6-3)26(5-2)36-31(38)35-22-16-21(17-34-18-22)20-12-8-7-9-13-20/h7-10,12-18,27H,4-6,11,19H2,1-3H3,(H,35,38). The summed E-state index contributed by atoms with van der Waals surface area (Å²) >= 11 is 13.0. The van der Waals surface area contributed by atoms with E-state index in [1.165, 1.54) is 0 Å². The second kappa shape index (κ2) is 14.2. The first-order chi connectivity index (χ1) is 19.4. The van der Waals surface area contributed by atoms with E-state index in [0.717, 1.165) is 28.9 Å². The molecule has 0 aliphatic heterocycles. The number of aromatic nitrogens is 2. The third kappa shape index (κ3) is 7.16. The fourth-order valence-electron chi connectivity index (χ4n) is 4.43. The maximum atomic E-state index is 12.9. The van der Waals surface area contributed by atoms with Crippen LogP contribution in [0.15, 0.2) is 76.5 Å². The number of benzene rings is 2. The zero-order chi connectivity index (χ0) is 28.5. The summed E-state index contributed by atoms with van der Waals surface area (Å²) in [5, 5.41) is 8.09. The molecule has 7 nitrogen and oxygen atoms in total. The number of urea groups is 1. The summed E-state index contributed by atoms with van der Waals surface area (Å²) in [5.41, 5.74) is 5.08. The molecule has 40 heavy (non-hydrogen) atoms. The predicted molar refractivity (Wildman–Crippen MR) is 161 cm³/mol. The number of aryl methyl sites for hydroxylation is 1. The van der Waals surface area contributed by atoms with Gasteiger partial charge in [0.05, 0.1) is 40.4 Å². The minimum absolute atomic E-state index is 0.206. The number of anilines is 1. The summed E-state index contributed by atoms with van der Waals surface area (Å²) in [6.45, 7) is 6.22. The smallest absolute Gasteiger partial charge is 0.345 e. The number of carbonyl (C=O) groups is 1. The molecule has 4 aromatic rings. The van der Waals surface area contributed by atoms with E-state index in [4.69, 9.17) is 32.5 Å². The van der Waals surface area contributed by atoms with Gasteiger partial charge in [0.2, 0.25) is 0 Å². The van der Waals surface area contributed by atoms with E-state index in [1.54, 1.807) is 30.6 Å². The molecule has 4 rings (SSSR count). The van der Waals surface area contributed by atoms with Crippen molar-refractivity contribution in [1.29, 1.82) is 0 Å². The molecular weight excluding hydrogens is 547 g/mol. The second-order valence-electron chi connectivity index (χ2n) is 9.20. The number of nitrogens with zero attached hydrogens (tertiary/aromatic N) is 3. The van der Waals surface area contributed by atoms with E-state index in [2.05, 4.69) is 27.4 Å². The Labute approximate surface area is 244 Å². The summed E-state index contributed by atoms with van der Waals surface area (Å²) < 4.78 is 12.0. The Morgan fingerprint density at radius 2 is 1.77 bits per heavy atom. The van der Waals surface area contributed by atoms with E-state index < -0.39 is 6.03 Å². The predicted octanol–water partition coefficient (Wildman–Crippen LogP) is 9.04. The van der Waals surface area contributed by atoms with Crippen molar-refractivity contribution in [2.75, 3.05) is 5.32 Å². The number of aliphatic imine (C=N–C) groups is 1. The molecule has 0 aliphatic carbocycles. The quantitative estimate of drug-likeness (QED) is 0.179. The molecule has 2 aromatic heterocycles. The van der Waals surface area contributed by atoms with Crippen LogP contribution in [0, 0.1) is 0 Å². The van der Waals surface area contributed by atoms with Crippen molar-refractivity contribution in [3.8, 4) is 22.4 Å². The van der Waals surface area contributed by atoms with Gasteiger partial charge in [-0.2, -0.15) is 0 Å². The molecule has 0 saturated carbocycles. The maximum absolute atomic E-state index is 12.9. The summed E-state index contributed by atoms with van der Waals surface area (Å²) in [6.07, 6.45) is 5.71. The summed E-state index contributed by atoms with van der Waals surface area (Å²) in [4.78, 5) is 21.5. The molecule has 0 bridgehead atoms. The second-order valence-corrected chi connectivity index (χ2v) is 10.0. The van der Waals surface area contributed by atoms with E-state index in [1.807, 2.05) is 50.2 Å². The zero-order valence-corrected chi connectivity index (χ0v) is 24.3. The van der Waals surface area contributed by atoms with Gasteiger partial charge in [-0.1, -0.05) is 85.5 Å². The number of halogens is 2. The van der Waals surface area contributed by atoms with Crippen LogP contribution in [0.4, 0.5) is 10.5 Å². The monoisotopic (exact) mass is 578 g/mol. The number of amides is 2. The normalized spacial score (nSPS) is 12.4. The van der Waals surface area contributed by atoms with Gasteiger partial charge in [0, 0.05) is 29.3 Å². The summed E-state index contributed by atoms with van der Waals surface area (Å²) in [5.74, 6) is 0.724. The molecule has 2 amide bonds. The largest absolute Gasteiger partial charge is 0.367 e. The molecule has 0 aliphatic rings.